The van der Waals surface area contributed by atoms with Gasteiger partial charge in [-0.2, -0.15) is 0 Å². The SMILES string of the molecule is CC/C=C\C/C=C\C/C=C\C/C=C\C/C=C\C/C=C\CCCCC(=O)NC(COC1OC(CO)C(OC2OC(CO)C(OC3OC(CO)C(O)C(O)C3O)C(O)C2O)C(O)C1O)C(O)CCCCCCCCCCCCCCCCCCCCCCCCCCCCC. The van der Waals surface area contributed by atoms with E-state index in [1.807, 2.05) is 0 Å². The van der Waals surface area contributed by atoms with Gasteiger partial charge >= 0.3 is 0 Å². The summed E-state index contributed by atoms with van der Waals surface area (Å²) < 4.78 is 34.4. The lowest BCUT2D eigenvalue weighted by atomic mass is 9.96. The lowest BCUT2D eigenvalue weighted by Gasteiger charge is -2.48. The minimum atomic E-state index is -1.98. The van der Waals surface area contributed by atoms with Crippen LogP contribution in [0.2, 0.25) is 0 Å². The van der Waals surface area contributed by atoms with Gasteiger partial charge < -0.3 is 89.9 Å². The summed E-state index contributed by atoms with van der Waals surface area (Å²) in [5, 5.41) is 121. The minimum absolute atomic E-state index is 0.208. The van der Waals surface area contributed by atoms with Crippen molar-refractivity contribution in [3.63, 3.8) is 0 Å². The molecular weight excluding hydrogens is 1190 g/mol. The number of carbonyl (C=O) groups is 1. The summed E-state index contributed by atoms with van der Waals surface area (Å²) in [6.45, 7) is 1.67. The van der Waals surface area contributed by atoms with E-state index in [9.17, 15) is 61.0 Å². The Morgan fingerprint density at radius 2 is 0.742 bits per heavy atom. The average Bonchev–Trinajstić information content (AvgIpc) is 1.48. The molecule has 540 valence electrons. The number of hydrogen-bond donors (Lipinski definition) is 12. The Hall–Kier alpha value is -2.77. The van der Waals surface area contributed by atoms with E-state index in [1.165, 1.54) is 148 Å². The first kappa shape index (κ1) is 84.5. The molecular formula is C74H131NO18. The number of rotatable bonds is 56. The topological polar surface area (TPSA) is 307 Å². The Kier molecular flexibility index (Phi) is 50.1. The van der Waals surface area contributed by atoms with Gasteiger partial charge in [-0.25, -0.2) is 0 Å². The number of hydrogen-bond acceptors (Lipinski definition) is 18. The van der Waals surface area contributed by atoms with Crippen molar-refractivity contribution in [1.29, 1.82) is 0 Å². The Morgan fingerprint density at radius 3 is 1.14 bits per heavy atom. The van der Waals surface area contributed by atoms with Gasteiger partial charge in [-0.1, -0.05) is 260 Å². The van der Waals surface area contributed by atoms with Crippen LogP contribution in [0.4, 0.5) is 0 Å². The van der Waals surface area contributed by atoms with Gasteiger partial charge in [-0.3, -0.25) is 4.79 Å². The fourth-order valence-electron chi connectivity index (χ4n) is 12.1. The highest BCUT2D eigenvalue weighted by molar-refractivity contribution is 5.76. The molecule has 3 saturated heterocycles. The number of aliphatic hydroxyl groups is 11. The number of amides is 1. The summed E-state index contributed by atoms with van der Waals surface area (Å²) in [4.78, 5) is 13.4. The van der Waals surface area contributed by atoms with Gasteiger partial charge in [-0.05, 0) is 64.2 Å². The van der Waals surface area contributed by atoms with Crippen molar-refractivity contribution < 1.29 is 89.4 Å². The predicted octanol–water partition coefficient (Wildman–Crippen LogP) is 10.5. The molecule has 0 radical (unpaired) electrons. The van der Waals surface area contributed by atoms with Crippen LogP contribution in [-0.2, 0) is 33.2 Å². The third-order valence-corrected chi connectivity index (χ3v) is 18.0. The van der Waals surface area contributed by atoms with Crippen LogP contribution < -0.4 is 5.32 Å². The van der Waals surface area contributed by atoms with Crippen LogP contribution in [0.5, 0.6) is 0 Å². The molecule has 3 aliphatic rings. The van der Waals surface area contributed by atoms with E-state index in [0.29, 0.717) is 19.3 Å². The van der Waals surface area contributed by atoms with Crippen molar-refractivity contribution in [2.75, 3.05) is 26.4 Å². The van der Waals surface area contributed by atoms with Gasteiger partial charge in [0.25, 0.3) is 0 Å². The molecule has 0 bridgehead atoms. The zero-order chi connectivity index (χ0) is 67.5. The second-order valence-electron chi connectivity index (χ2n) is 26.0. The molecule has 0 aromatic heterocycles. The molecule has 3 aliphatic heterocycles. The molecule has 3 fully saturated rings. The van der Waals surface area contributed by atoms with E-state index in [1.54, 1.807) is 0 Å². The molecule has 0 spiro atoms. The fourth-order valence-corrected chi connectivity index (χ4v) is 12.1. The van der Waals surface area contributed by atoms with E-state index in [4.69, 9.17) is 28.4 Å². The summed E-state index contributed by atoms with van der Waals surface area (Å²) >= 11 is 0. The second-order valence-corrected chi connectivity index (χ2v) is 26.0. The van der Waals surface area contributed by atoms with Crippen LogP contribution in [0.1, 0.15) is 258 Å². The summed E-state index contributed by atoms with van der Waals surface area (Å²) in [6.07, 6.45) is 42.7. The van der Waals surface area contributed by atoms with Gasteiger partial charge in [0.1, 0.15) is 73.2 Å². The number of allylic oxidation sites excluding steroid dienone is 12. The third kappa shape index (κ3) is 36.6. The molecule has 1 amide bonds. The molecule has 3 rings (SSSR count). The molecule has 17 unspecified atom stereocenters. The summed E-state index contributed by atoms with van der Waals surface area (Å²) in [5.41, 5.74) is 0. The average molecular weight is 1320 g/mol. The highest BCUT2D eigenvalue weighted by atomic mass is 16.8. The molecule has 12 N–H and O–H groups in total. The predicted molar refractivity (Wildman–Crippen MR) is 365 cm³/mol. The van der Waals surface area contributed by atoms with Crippen molar-refractivity contribution >= 4 is 5.91 Å². The first-order valence-corrected chi connectivity index (χ1v) is 36.7. The lowest BCUT2D eigenvalue weighted by Crippen LogP contribution is -2.66. The minimum Gasteiger partial charge on any atom is -0.394 e. The van der Waals surface area contributed by atoms with E-state index >= 15 is 0 Å². The van der Waals surface area contributed by atoms with Crippen molar-refractivity contribution in [2.24, 2.45) is 0 Å². The summed E-state index contributed by atoms with van der Waals surface area (Å²) in [6, 6.07) is -0.916. The zero-order valence-corrected chi connectivity index (χ0v) is 57.2. The van der Waals surface area contributed by atoms with Crippen LogP contribution in [-0.4, -0.2) is 193 Å². The van der Waals surface area contributed by atoms with Gasteiger partial charge in [0.2, 0.25) is 5.91 Å². The maximum atomic E-state index is 13.4. The molecule has 0 aromatic rings. The summed E-state index contributed by atoms with van der Waals surface area (Å²) in [7, 11) is 0. The van der Waals surface area contributed by atoms with Crippen LogP contribution in [0.15, 0.2) is 72.9 Å². The summed E-state index contributed by atoms with van der Waals surface area (Å²) in [5.74, 6) is -0.285. The zero-order valence-electron chi connectivity index (χ0n) is 57.2. The van der Waals surface area contributed by atoms with Gasteiger partial charge in [0.05, 0.1) is 38.6 Å². The van der Waals surface area contributed by atoms with Gasteiger partial charge in [0.15, 0.2) is 18.9 Å². The number of nitrogens with one attached hydrogen (secondary N) is 1. The molecule has 93 heavy (non-hydrogen) atoms. The van der Waals surface area contributed by atoms with Crippen molar-refractivity contribution in [1.82, 2.24) is 5.32 Å². The monoisotopic (exact) mass is 1320 g/mol. The first-order valence-electron chi connectivity index (χ1n) is 36.7. The molecule has 19 nitrogen and oxygen atoms in total. The Morgan fingerprint density at radius 1 is 0.398 bits per heavy atom. The van der Waals surface area contributed by atoms with E-state index < -0.39 is 124 Å². The van der Waals surface area contributed by atoms with Crippen LogP contribution in [0, 0.1) is 0 Å². The Labute approximate surface area is 559 Å². The standard InChI is InChI=1S/C74H131NO18/c1-3-5-7-9-11-13-15-17-19-21-23-25-26-27-28-29-30-32-33-35-37-39-41-43-45-47-49-51-58(79)57(75-62(80)52-50-48-46-44-42-40-38-36-34-31-24-22-20-18-16-14-12-10-8-6-4-2)56-88-72-68(86)65(83)70(60(54-77)90-72)93-74-69(87)66(84)71(61(55-78)91-74)92-73-67(85)64(82)63(81)59(53-76)89-73/h6,8,12,14,18,20,24,31,36,38,42,44,57-61,63-74,76-79,81-87H,3-5,7,9-11,13,15-17,19,21-23,25-30,32-35,37,39-41,43,45-56H2,1-2H3,(H,75,80)/b8-6-,14-12-,20-18-,31-24-,38-36-,44-42-. The van der Waals surface area contributed by atoms with Crippen LogP contribution in [0.3, 0.4) is 0 Å². The van der Waals surface area contributed by atoms with E-state index in [0.717, 1.165) is 70.6 Å². The highest BCUT2D eigenvalue weighted by Gasteiger charge is 2.53. The van der Waals surface area contributed by atoms with Crippen molar-refractivity contribution in [2.45, 2.75) is 362 Å². The molecule has 19 heteroatoms. The highest BCUT2D eigenvalue weighted by Crippen LogP contribution is 2.33. The molecule has 0 saturated carbocycles. The lowest BCUT2D eigenvalue weighted by molar-refractivity contribution is -0.379. The van der Waals surface area contributed by atoms with Crippen LogP contribution in [0.25, 0.3) is 0 Å². The van der Waals surface area contributed by atoms with E-state index in [2.05, 4.69) is 92.1 Å². The van der Waals surface area contributed by atoms with E-state index in [-0.39, 0.29) is 18.9 Å². The molecule has 0 aliphatic carbocycles. The first-order chi connectivity index (χ1) is 45.3. The van der Waals surface area contributed by atoms with Gasteiger partial charge in [-0.15, -0.1) is 0 Å². The van der Waals surface area contributed by atoms with Crippen molar-refractivity contribution in [3.05, 3.63) is 72.9 Å². The molecule has 3 heterocycles. The Bertz CT molecular complexity index is 1970. The number of unbranched alkanes of at least 4 members (excludes halogenated alkanes) is 28. The molecule has 17 atom stereocenters. The normalized spacial score (nSPS) is 27.9. The maximum Gasteiger partial charge on any atom is 0.220 e. The largest absolute Gasteiger partial charge is 0.394 e. The fraction of sp³-hybridized carbons (Fsp3) is 0.824. The van der Waals surface area contributed by atoms with Gasteiger partial charge in [0, 0.05) is 6.42 Å². The number of carbonyl (C=O) groups excluding carboxylic acids is 1. The Balaban J connectivity index is 1.42. The number of aliphatic hydroxyl groups excluding tert-OH is 11. The van der Waals surface area contributed by atoms with Crippen molar-refractivity contribution in [3.8, 4) is 0 Å². The van der Waals surface area contributed by atoms with Crippen LogP contribution >= 0.6 is 0 Å². The third-order valence-electron chi connectivity index (χ3n) is 18.0. The maximum absolute atomic E-state index is 13.4. The second kappa shape index (κ2) is 55.1. The quantitative estimate of drug-likeness (QED) is 0.0199. The molecule has 0 aromatic carbocycles. The number of ether oxygens (including phenoxy) is 6. The smallest absolute Gasteiger partial charge is 0.220 e.